The molecule has 0 aromatic carbocycles. The number of nitriles is 1. The summed E-state index contributed by atoms with van der Waals surface area (Å²) in [7, 11) is 0. The molecular formula is C5H9N2. The standard InChI is InChI=1S/C5H9N2/c1-2-3-4-7-5-6/h2-4H2,1H3. The Labute approximate surface area is 44.1 Å². The van der Waals surface area contributed by atoms with Crippen molar-refractivity contribution in [3.8, 4) is 6.19 Å². The molecule has 0 spiro atoms. The van der Waals surface area contributed by atoms with Crippen LogP contribution in [0.25, 0.3) is 0 Å². The zero-order valence-electron chi connectivity index (χ0n) is 4.52. The Kier molecular flexibility index (Phi) is 4.75. The molecule has 0 amide bonds. The molecule has 0 unspecified atom stereocenters. The molecule has 1 radical (unpaired) electrons. The van der Waals surface area contributed by atoms with Crippen LogP contribution in [0.3, 0.4) is 0 Å². The third-order valence-corrected chi connectivity index (χ3v) is 0.694. The lowest BCUT2D eigenvalue weighted by Crippen LogP contribution is -1.96. The van der Waals surface area contributed by atoms with Crippen LogP contribution < -0.4 is 5.32 Å². The molecule has 2 heteroatoms. The van der Waals surface area contributed by atoms with Gasteiger partial charge in [0.15, 0.2) is 0 Å². The van der Waals surface area contributed by atoms with Crippen LogP contribution in [0.2, 0.25) is 0 Å². The minimum absolute atomic E-state index is 0.701. The van der Waals surface area contributed by atoms with Crippen LogP contribution in [0.1, 0.15) is 19.8 Å². The van der Waals surface area contributed by atoms with Gasteiger partial charge in [-0.1, -0.05) is 13.3 Å². The SMILES string of the molecule is CCCC[N]C#N. The largest absolute Gasteiger partial charge is 0.212 e. The van der Waals surface area contributed by atoms with Crippen molar-refractivity contribution in [3.05, 3.63) is 0 Å². The molecule has 0 aliphatic carbocycles. The van der Waals surface area contributed by atoms with E-state index in [1.165, 1.54) is 0 Å². The summed E-state index contributed by atoms with van der Waals surface area (Å²) in [6.45, 7) is 2.78. The first kappa shape index (κ1) is 6.29. The minimum Gasteiger partial charge on any atom is -0.212 e. The maximum atomic E-state index is 7.88. The van der Waals surface area contributed by atoms with Gasteiger partial charge < -0.3 is 0 Å². The molecule has 0 aromatic heterocycles. The Hall–Kier alpha value is -0.710. The van der Waals surface area contributed by atoms with Crippen LogP contribution >= 0.6 is 0 Å². The second-order valence-corrected chi connectivity index (χ2v) is 1.34. The second kappa shape index (κ2) is 5.29. The van der Waals surface area contributed by atoms with Gasteiger partial charge in [-0.15, -0.1) is 0 Å². The van der Waals surface area contributed by atoms with Crippen molar-refractivity contribution in [1.82, 2.24) is 5.32 Å². The van der Waals surface area contributed by atoms with Crippen molar-refractivity contribution in [2.75, 3.05) is 6.54 Å². The summed E-state index contributed by atoms with van der Waals surface area (Å²) in [4.78, 5) is 0. The summed E-state index contributed by atoms with van der Waals surface area (Å²) in [6.07, 6.45) is 3.88. The smallest absolute Gasteiger partial charge is 0.200 e. The van der Waals surface area contributed by atoms with Crippen molar-refractivity contribution in [3.63, 3.8) is 0 Å². The van der Waals surface area contributed by atoms with E-state index in [0.717, 1.165) is 12.8 Å². The van der Waals surface area contributed by atoms with Crippen molar-refractivity contribution in [1.29, 1.82) is 5.26 Å². The molecule has 0 aliphatic rings. The molecule has 7 heavy (non-hydrogen) atoms. The molecule has 0 aromatic rings. The van der Waals surface area contributed by atoms with Gasteiger partial charge in [-0.05, 0) is 6.42 Å². The topological polar surface area (TPSA) is 37.9 Å². The third-order valence-electron chi connectivity index (χ3n) is 0.694. The summed E-state index contributed by atoms with van der Waals surface area (Å²) in [5.41, 5.74) is 0. The van der Waals surface area contributed by atoms with E-state index in [1.54, 1.807) is 6.19 Å². The van der Waals surface area contributed by atoms with Crippen molar-refractivity contribution in [2.45, 2.75) is 19.8 Å². The van der Waals surface area contributed by atoms with Gasteiger partial charge in [-0.2, -0.15) is 5.26 Å². The van der Waals surface area contributed by atoms with Gasteiger partial charge in [0.1, 0.15) is 0 Å². The maximum absolute atomic E-state index is 7.88. The highest BCUT2D eigenvalue weighted by molar-refractivity contribution is 4.62. The Morgan fingerprint density at radius 2 is 2.43 bits per heavy atom. The fourth-order valence-electron chi connectivity index (χ4n) is 0.287. The Morgan fingerprint density at radius 1 is 1.71 bits per heavy atom. The van der Waals surface area contributed by atoms with Crippen LogP contribution in [0.5, 0.6) is 0 Å². The first-order valence-corrected chi connectivity index (χ1v) is 2.47. The molecule has 0 heterocycles. The van der Waals surface area contributed by atoms with Gasteiger partial charge in [0.25, 0.3) is 0 Å². The number of nitrogens with zero attached hydrogens (tertiary/aromatic N) is 2. The summed E-state index contributed by atoms with van der Waals surface area (Å²) in [6, 6.07) is 0. The lowest BCUT2D eigenvalue weighted by atomic mass is 10.3. The van der Waals surface area contributed by atoms with E-state index < -0.39 is 0 Å². The molecule has 0 bridgehead atoms. The number of rotatable bonds is 3. The molecule has 0 atom stereocenters. The van der Waals surface area contributed by atoms with Gasteiger partial charge in [0, 0.05) is 0 Å². The van der Waals surface area contributed by atoms with Gasteiger partial charge in [-0.3, -0.25) is 0 Å². The molecule has 39 valence electrons. The molecule has 2 nitrogen and oxygen atoms in total. The van der Waals surface area contributed by atoms with E-state index in [4.69, 9.17) is 5.26 Å². The van der Waals surface area contributed by atoms with Crippen molar-refractivity contribution < 1.29 is 0 Å². The first-order valence-electron chi connectivity index (χ1n) is 2.47. The Morgan fingerprint density at radius 3 is 2.86 bits per heavy atom. The van der Waals surface area contributed by atoms with E-state index in [-0.39, 0.29) is 0 Å². The molecule has 0 N–H and O–H groups in total. The first-order chi connectivity index (χ1) is 3.41. The minimum atomic E-state index is 0.701. The summed E-state index contributed by atoms with van der Waals surface area (Å²) in [5, 5.41) is 11.3. The van der Waals surface area contributed by atoms with E-state index in [1.807, 2.05) is 0 Å². The normalized spacial score (nSPS) is 7.43. The highest BCUT2D eigenvalue weighted by atomic mass is 14.8. The van der Waals surface area contributed by atoms with Crippen molar-refractivity contribution >= 4 is 0 Å². The summed E-state index contributed by atoms with van der Waals surface area (Å²) in [5.74, 6) is 0. The number of hydrogen-bond donors (Lipinski definition) is 0. The molecule has 0 aliphatic heterocycles. The van der Waals surface area contributed by atoms with E-state index in [0.29, 0.717) is 6.54 Å². The summed E-state index contributed by atoms with van der Waals surface area (Å²) >= 11 is 0. The second-order valence-electron chi connectivity index (χ2n) is 1.34. The Bertz CT molecular complexity index is 63.0. The quantitative estimate of drug-likeness (QED) is 0.380. The van der Waals surface area contributed by atoms with Crippen LogP contribution in [-0.4, -0.2) is 6.54 Å². The maximum Gasteiger partial charge on any atom is 0.200 e. The average molecular weight is 97.1 g/mol. The Balaban J connectivity index is 2.60. The van der Waals surface area contributed by atoms with Gasteiger partial charge in [0.05, 0.1) is 6.54 Å². The molecular weight excluding hydrogens is 88.1 g/mol. The molecule has 0 saturated carbocycles. The summed E-state index contributed by atoms with van der Waals surface area (Å²) < 4.78 is 0. The van der Waals surface area contributed by atoms with Crippen LogP contribution in [0, 0.1) is 11.5 Å². The lowest BCUT2D eigenvalue weighted by molar-refractivity contribution is 0.734. The van der Waals surface area contributed by atoms with Crippen LogP contribution in [0.4, 0.5) is 0 Å². The van der Waals surface area contributed by atoms with Crippen LogP contribution in [-0.2, 0) is 0 Å². The van der Waals surface area contributed by atoms with Crippen LogP contribution in [0.15, 0.2) is 0 Å². The molecule has 0 fully saturated rings. The van der Waals surface area contributed by atoms with E-state index in [2.05, 4.69) is 12.2 Å². The number of hydrogen-bond acceptors (Lipinski definition) is 1. The zero-order chi connectivity index (χ0) is 5.54. The van der Waals surface area contributed by atoms with Gasteiger partial charge in [-0.25, -0.2) is 5.32 Å². The predicted molar refractivity (Wildman–Crippen MR) is 27.5 cm³/mol. The highest BCUT2D eigenvalue weighted by Crippen LogP contribution is 1.81. The van der Waals surface area contributed by atoms with Gasteiger partial charge >= 0.3 is 0 Å². The van der Waals surface area contributed by atoms with E-state index >= 15 is 0 Å². The van der Waals surface area contributed by atoms with E-state index in [9.17, 15) is 0 Å². The zero-order valence-corrected chi connectivity index (χ0v) is 4.52. The number of unbranched alkanes of at least 4 members (excludes halogenated alkanes) is 1. The third kappa shape index (κ3) is 5.29. The lowest BCUT2D eigenvalue weighted by Gasteiger charge is -1.85. The fraction of sp³-hybridized carbons (Fsp3) is 0.800. The molecule has 0 saturated heterocycles. The van der Waals surface area contributed by atoms with Crippen molar-refractivity contribution in [2.24, 2.45) is 0 Å². The fourth-order valence-corrected chi connectivity index (χ4v) is 0.287. The monoisotopic (exact) mass is 97.1 g/mol. The van der Waals surface area contributed by atoms with Gasteiger partial charge in [0.2, 0.25) is 6.19 Å². The predicted octanol–water partition coefficient (Wildman–Crippen LogP) is 0.872. The molecule has 0 rings (SSSR count). The average Bonchev–Trinajstić information content (AvgIpc) is 1.69. The highest BCUT2D eigenvalue weighted by Gasteiger charge is 1.79.